The van der Waals surface area contributed by atoms with Crippen molar-refractivity contribution < 1.29 is 0 Å². The Balaban J connectivity index is 1.94. The quantitative estimate of drug-likeness (QED) is 0.892. The second-order valence-electron chi connectivity index (χ2n) is 3.42. The van der Waals surface area contributed by atoms with Crippen molar-refractivity contribution in [2.75, 3.05) is 5.32 Å². The molecule has 0 aromatic carbocycles. The molecule has 0 radical (unpaired) electrons. The average Bonchev–Trinajstić information content (AvgIpc) is 2.86. The summed E-state index contributed by atoms with van der Waals surface area (Å²) in [5.41, 5.74) is 1.72. The second kappa shape index (κ2) is 4.67. The van der Waals surface area contributed by atoms with Gasteiger partial charge in [-0.2, -0.15) is 0 Å². The molecule has 2 aromatic rings. The van der Waals surface area contributed by atoms with Gasteiger partial charge >= 0.3 is 0 Å². The molecular weight excluding hydrogens is 228 g/mol. The van der Waals surface area contributed by atoms with Crippen molar-refractivity contribution in [1.82, 2.24) is 15.2 Å². The topological polar surface area (TPSA) is 50.7 Å². The van der Waals surface area contributed by atoms with Crippen molar-refractivity contribution in [3.05, 3.63) is 21.6 Å². The zero-order valence-electron chi connectivity index (χ0n) is 8.60. The van der Waals surface area contributed by atoms with Gasteiger partial charge in [0.1, 0.15) is 5.51 Å². The molecule has 0 aliphatic rings. The first-order valence-corrected chi connectivity index (χ1v) is 6.40. The Hall–Kier alpha value is -1.01. The number of nitrogens with zero attached hydrogens (tertiary/aromatic N) is 3. The van der Waals surface area contributed by atoms with Crippen LogP contribution in [0.15, 0.2) is 11.7 Å². The fourth-order valence-electron chi connectivity index (χ4n) is 1.08. The van der Waals surface area contributed by atoms with Crippen LogP contribution in [0.25, 0.3) is 0 Å². The van der Waals surface area contributed by atoms with E-state index in [1.165, 1.54) is 21.2 Å². The van der Waals surface area contributed by atoms with E-state index in [0.717, 1.165) is 11.7 Å². The lowest BCUT2D eigenvalue weighted by Gasteiger charge is -1.98. The molecule has 0 atom stereocenters. The molecule has 1 N–H and O–H groups in total. The highest BCUT2D eigenvalue weighted by molar-refractivity contribution is 7.13. The largest absolute Gasteiger partial charge is 0.355 e. The van der Waals surface area contributed by atoms with Gasteiger partial charge in [0.2, 0.25) is 5.13 Å². The van der Waals surface area contributed by atoms with E-state index in [4.69, 9.17) is 0 Å². The molecular formula is C9H12N4S2. The maximum Gasteiger partial charge on any atom is 0.205 e. The predicted molar refractivity (Wildman–Crippen MR) is 63.4 cm³/mol. The van der Waals surface area contributed by atoms with E-state index in [1.54, 1.807) is 16.8 Å². The molecule has 0 saturated heterocycles. The van der Waals surface area contributed by atoms with Gasteiger partial charge in [-0.1, -0.05) is 25.2 Å². The van der Waals surface area contributed by atoms with Crippen LogP contribution in [0.2, 0.25) is 0 Å². The van der Waals surface area contributed by atoms with E-state index in [9.17, 15) is 0 Å². The first-order chi connectivity index (χ1) is 7.25. The fraction of sp³-hybridized carbons (Fsp3) is 0.444. The third kappa shape index (κ3) is 2.73. The van der Waals surface area contributed by atoms with Gasteiger partial charge < -0.3 is 5.32 Å². The standard InChI is InChI=1S/C9H12N4S2/c1-6(2)8-10-3-7(15-8)4-11-9-13-12-5-14-9/h3,5-6H,4H2,1-2H3,(H,11,13). The maximum atomic E-state index is 4.36. The molecule has 0 aliphatic carbocycles. The molecule has 0 amide bonds. The van der Waals surface area contributed by atoms with E-state index in [2.05, 4.69) is 34.3 Å². The summed E-state index contributed by atoms with van der Waals surface area (Å²) < 4.78 is 0. The molecule has 0 bridgehead atoms. The molecule has 15 heavy (non-hydrogen) atoms. The molecule has 6 heteroatoms. The Labute approximate surface area is 96.4 Å². The van der Waals surface area contributed by atoms with Crippen molar-refractivity contribution >= 4 is 27.8 Å². The van der Waals surface area contributed by atoms with E-state index in [-0.39, 0.29) is 0 Å². The molecule has 2 rings (SSSR count). The Morgan fingerprint density at radius 3 is 2.93 bits per heavy atom. The van der Waals surface area contributed by atoms with Crippen molar-refractivity contribution in [2.24, 2.45) is 0 Å². The number of aromatic nitrogens is 3. The van der Waals surface area contributed by atoms with Crippen LogP contribution in [0.1, 0.15) is 29.7 Å². The summed E-state index contributed by atoms with van der Waals surface area (Å²) in [5, 5.41) is 12.9. The summed E-state index contributed by atoms with van der Waals surface area (Å²) in [5.74, 6) is 0.505. The number of hydrogen-bond donors (Lipinski definition) is 1. The Bertz CT molecular complexity index is 407. The first-order valence-electron chi connectivity index (χ1n) is 4.70. The van der Waals surface area contributed by atoms with Crippen molar-refractivity contribution in [1.29, 1.82) is 0 Å². The molecule has 2 aromatic heterocycles. The summed E-state index contributed by atoms with van der Waals surface area (Å²) >= 11 is 3.25. The summed E-state index contributed by atoms with van der Waals surface area (Å²) in [7, 11) is 0. The molecule has 0 aliphatic heterocycles. The monoisotopic (exact) mass is 240 g/mol. The normalized spacial score (nSPS) is 10.9. The van der Waals surface area contributed by atoms with Gasteiger partial charge in [0.15, 0.2) is 0 Å². The summed E-state index contributed by atoms with van der Waals surface area (Å²) in [6.45, 7) is 5.08. The van der Waals surface area contributed by atoms with Gasteiger partial charge in [-0.15, -0.1) is 21.5 Å². The molecule has 4 nitrogen and oxygen atoms in total. The number of hydrogen-bond acceptors (Lipinski definition) is 6. The fourth-order valence-corrected chi connectivity index (χ4v) is 2.39. The molecule has 2 heterocycles. The molecule has 0 saturated carbocycles. The smallest absolute Gasteiger partial charge is 0.205 e. The number of nitrogens with one attached hydrogen (secondary N) is 1. The summed E-state index contributed by atoms with van der Waals surface area (Å²) in [4.78, 5) is 5.59. The van der Waals surface area contributed by atoms with E-state index in [1.807, 2.05) is 6.20 Å². The van der Waals surface area contributed by atoms with E-state index < -0.39 is 0 Å². The highest BCUT2D eigenvalue weighted by Gasteiger charge is 2.05. The lowest BCUT2D eigenvalue weighted by Crippen LogP contribution is -1.96. The van der Waals surface area contributed by atoms with Crippen LogP contribution >= 0.6 is 22.7 Å². The predicted octanol–water partition coefficient (Wildman–Crippen LogP) is 2.73. The van der Waals surface area contributed by atoms with Gasteiger partial charge in [-0.25, -0.2) is 4.98 Å². The molecule has 0 fully saturated rings. The van der Waals surface area contributed by atoms with Crippen molar-refractivity contribution in [3.63, 3.8) is 0 Å². The number of rotatable bonds is 4. The van der Waals surface area contributed by atoms with E-state index in [0.29, 0.717) is 5.92 Å². The van der Waals surface area contributed by atoms with Gasteiger partial charge in [0.05, 0.1) is 11.6 Å². The van der Waals surface area contributed by atoms with Gasteiger partial charge in [-0.3, -0.25) is 0 Å². The van der Waals surface area contributed by atoms with Crippen LogP contribution < -0.4 is 5.32 Å². The highest BCUT2D eigenvalue weighted by Crippen LogP contribution is 2.21. The Kier molecular flexibility index (Phi) is 3.27. The minimum atomic E-state index is 0.505. The number of thiazole rings is 1. The molecule has 80 valence electrons. The third-order valence-electron chi connectivity index (χ3n) is 1.84. The highest BCUT2D eigenvalue weighted by atomic mass is 32.1. The summed E-state index contributed by atoms with van der Waals surface area (Å²) in [6.07, 6.45) is 1.92. The van der Waals surface area contributed by atoms with Crippen LogP contribution in [-0.2, 0) is 6.54 Å². The van der Waals surface area contributed by atoms with Crippen LogP contribution in [0.4, 0.5) is 5.13 Å². The number of anilines is 1. The first kappa shape index (κ1) is 10.5. The van der Waals surface area contributed by atoms with Crippen molar-refractivity contribution in [3.8, 4) is 0 Å². The van der Waals surface area contributed by atoms with Crippen LogP contribution in [0.5, 0.6) is 0 Å². The van der Waals surface area contributed by atoms with E-state index >= 15 is 0 Å². The minimum absolute atomic E-state index is 0.505. The average molecular weight is 240 g/mol. The Morgan fingerprint density at radius 1 is 1.47 bits per heavy atom. The van der Waals surface area contributed by atoms with Crippen molar-refractivity contribution in [2.45, 2.75) is 26.3 Å². The zero-order chi connectivity index (χ0) is 10.7. The summed E-state index contributed by atoms with van der Waals surface area (Å²) in [6, 6.07) is 0. The van der Waals surface area contributed by atoms with Crippen LogP contribution in [0.3, 0.4) is 0 Å². The zero-order valence-corrected chi connectivity index (χ0v) is 10.2. The van der Waals surface area contributed by atoms with Crippen LogP contribution in [-0.4, -0.2) is 15.2 Å². The maximum absolute atomic E-state index is 4.36. The molecule has 0 unspecified atom stereocenters. The Morgan fingerprint density at radius 2 is 2.33 bits per heavy atom. The lowest BCUT2D eigenvalue weighted by molar-refractivity contribution is 0.852. The van der Waals surface area contributed by atoms with Gasteiger partial charge in [-0.05, 0) is 0 Å². The SMILES string of the molecule is CC(C)c1ncc(CNc2nncs2)s1. The third-order valence-corrected chi connectivity index (χ3v) is 3.79. The van der Waals surface area contributed by atoms with Gasteiger partial charge in [0.25, 0.3) is 0 Å². The van der Waals surface area contributed by atoms with Crippen LogP contribution in [0, 0.1) is 0 Å². The van der Waals surface area contributed by atoms with Gasteiger partial charge in [0, 0.05) is 17.0 Å². The lowest BCUT2D eigenvalue weighted by atomic mass is 10.2. The molecule has 0 spiro atoms. The minimum Gasteiger partial charge on any atom is -0.355 e. The second-order valence-corrected chi connectivity index (χ2v) is 5.40.